The van der Waals surface area contributed by atoms with Gasteiger partial charge in [-0.15, -0.1) is 0 Å². The number of aromatic nitrogens is 2. The minimum atomic E-state index is 0.683. The molecule has 4 heteroatoms. The highest BCUT2D eigenvalue weighted by Crippen LogP contribution is 2.30. The molecule has 1 heterocycles. The molecule has 0 aliphatic heterocycles. The van der Waals surface area contributed by atoms with Crippen molar-refractivity contribution >= 4 is 11.8 Å². The molecular weight excluding hydrogens is 236 g/mol. The van der Waals surface area contributed by atoms with Gasteiger partial charge >= 0.3 is 0 Å². The maximum absolute atomic E-state index is 4.47. The normalized spacial score (nSPS) is 23.1. The lowest BCUT2D eigenvalue weighted by molar-refractivity contribution is 0.278. The van der Waals surface area contributed by atoms with E-state index in [0.29, 0.717) is 5.95 Å². The Labute approximate surface area is 116 Å². The van der Waals surface area contributed by atoms with Gasteiger partial charge in [-0.25, -0.2) is 4.98 Å². The van der Waals surface area contributed by atoms with Gasteiger partial charge in [0.25, 0.3) is 0 Å². The zero-order chi connectivity index (χ0) is 13.7. The number of rotatable bonds is 5. The van der Waals surface area contributed by atoms with Crippen LogP contribution in [-0.4, -0.2) is 23.6 Å². The van der Waals surface area contributed by atoms with Crippen LogP contribution in [0, 0.1) is 18.8 Å². The molecule has 0 radical (unpaired) electrons. The summed E-state index contributed by atoms with van der Waals surface area (Å²) in [4.78, 5) is 8.68. The van der Waals surface area contributed by atoms with Crippen LogP contribution >= 0.6 is 0 Å². The third-order valence-corrected chi connectivity index (χ3v) is 4.30. The summed E-state index contributed by atoms with van der Waals surface area (Å²) >= 11 is 0. The fraction of sp³-hybridized carbons (Fsp3) is 0.733. The molecule has 1 aliphatic rings. The van der Waals surface area contributed by atoms with Crippen LogP contribution in [0.15, 0.2) is 6.20 Å². The van der Waals surface area contributed by atoms with Crippen molar-refractivity contribution in [3.05, 3.63) is 11.8 Å². The maximum atomic E-state index is 4.47. The third kappa shape index (κ3) is 3.82. The van der Waals surface area contributed by atoms with E-state index in [1.165, 1.54) is 32.1 Å². The van der Waals surface area contributed by atoms with Gasteiger partial charge in [-0.2, -0.15) is 4.98 Å². The minimum absolute atomic E-state index is 0.683. The fourth-order valence-corrected chi connectivity index (χ4v) is 2.83. The Morgan fingerprint density at radius 1 is 1.21 bits per heavy atom. The molecule has 0 amide bonds. The highest BCUT2D eigenvalue weighted by Gasteiger charge is 2.19. The third-order valence-electron chi connectivity index (χ3n) is 4.30. The Morgan fingerprint density at radius 2 is 1.89 bits per heavy atom. The summed E-state index contributed by atoms with van der Waals surface area (Å²) in [6.45, 7) is 5.40. The van der Waals surface area contributed by atoms with Crippen LogP contribution in [0.4, 0.5) is 11.8 Å². The van der Waals surface area contributed by atoms with E-state index in [2.05, 4.69) is 34.4 Å². The summed E-state index contributed by atoms with van der Waals surface area (Å²) in [7, 11) is 1.85. The van der Waals surface area contributed by atoms with E-state index >= 15 is 0 Å². The van der Waals surface area contributed by atoms with Gasteiger partial charge in [0, 0.05) is 25.4 Å². The largest absolute Gasteiger partial charge is 0.369 e. The van der Waals surface area contributed by atoms with Gasteiger partial charge in [-0.05, 0) is 31.6 Å². The molecule has 1 aromatic rings. The molecule has 2 rings (SSSR count). The molecule has 0 aromatic carbocycles. The van der Waals surface area contributed by atoms with Crippen LogP contribution in [0.25, 0.3) is 0 Å². The van der Waals surface area contributed by atoms with Gasteiger partial charge in [-0.1, -0.05) is 26.2 Å². The minimum Gasteiger partial charge on any atom is -0.369 e. The second-order valence-corrected chi connectivity index (χ2v) is 5.65. The molecule has 0 atom stereocenters. The summed E-state index contributed by atoms with van der Waals surface area (Å²) in [5.41, 5.74) is 1.11. The molecule has 1 fully saturated rings. The number of nitrogens with zero attached hydrogens (tertiary/aromatic N) is 2. The molecule has 2 N–H and O–H groups in total. The van der Waals surface area contributed by atoms with Crippen molar-refractivity contribution < 1.29 is 0 Å². The van der Waals surface area contributed by atoms with Gasteiger partial charge in [0.05, 0.1) is 0 Å². The molecule has 0 bridgehead atoms. The molecule has 1 aromatic heterocycles. The molecular formula is C15H26N4. The van der Waals surface area contributed by atoms with E-state index in [1.807, 2.05) is 13.2 Å². The predicted octanol–water partition coefficient (Wildman–Crippen LogP) is 3.46. The topological polar surface area (TPSA) is 49.8 Å². The monoisotopic (exact) mass is 262 g/mol. The standard InChI is InChI=1S/C15H26N4/c1-4-12-5-7-13(8-6-12)10-17-14-11(2)9-18-15(16-3)19-14/h9,12-13H,4-8,10H2,1-3H3,(H2,16,17,18,19). The van der Waals surface area contributed by atoms with Crippen LogP contribution in [0.2, 0.25) is 0 Å². The maximum Gasteiger partial charge on any atom is 0.224 e. The van der Waals surface area contributed by atoms with Gasteiger partial charge in [0.1, 0.15) is 5.82 Å². The van der Waals surface area contributed by atoms with E-state index in [9.17, 15) is 0 Å². The number of hydrogen-bond acceptors (Lipinski definition) is 4. The highest BCUT2D eigenvalue weighted by atomic mass is 15.1. The zero-order valence-corrected chi connectivity index (χ0v) is 12.4. The quantitative estimate of drug-likeness (QED) is 0.853. The van der Waals surface area contributed by atoms with E-state index in [-0.39, 0.29) is 0 Å². The number of hydrogen-bond donors (Lipinski definition) is 2. The Kier molecular flexibility index (Phi) is 5.00. The first kappa shape index (κ1) is 14.1. The van der Waals surface area contributed by atoms with Gasteiger partial charge in [0.15, 0.2) is 0 Å². The second kappa shape index (κ2) is 6.73. The smallest absolute Gasteiger partial charge is 0.224 e. The van der Waals surface area contributed by atoms with Crippen LogP contribution in [0.5, 0.6) is 0 Å². The number of anilines is 2. The summed E-state index contributed by atoms with van der Waals surface area (Å²) < 4.78 is 0. The fourth-order valence-electron chi connectivity index (χ4n) is 2.83. The molecule has 0 unspecified atom stereocenters. The van der Waals surface area contributed by atoms with Crippen molar-refractivity contribution in [1.29, 1.82) is 0 Å². The van der Waals surface area contributed by atoms with Crippen molar-refractivity contribution in [2.75, 3.05) is 24.2 Å². The van der Waals surface area contributed by atoms with Crippen molar-refractivity contribution in [3.63, 3.8) is 0 Å². The summed E-state index contributed by atoms with van der Waals surface area (Å²) in [5.74, 6) is 3.42. The van der Waals surface area contributed by atoms with Gasteiger partial charge in [0.2, 0.25) is 5.95 Å². The Bertz CT molecular complexity index is 397. The summed E-state index contributed by atoms with van der Waals surface area (Å²) in [6, 6.07) is 0. The van der Waals surface area contributed by atoms with Crippen LogP contribution in [0.1, 0.15) is 44.6 Å². The van der Waals surface area contributed by atoms with Gasteiger partial charge in [-0.3, -0.25) is 0 Å². The predicted molar refractivity (Wildman–Crippen MR) is 80.5 cm³/mol. The van der Waals surface area contributed by atoms with Crippen LogP contribution in [-0.2, 0) is 0 Å². The summed E-state index contributed by atoms with van der Waals surface area (Å²) in [6.07, 6.45) is 8.72. The van der Waals surface area contributed by atoms with E-state index < -0.39 is 0 Å². The summed E-state index contributed by atoms with van der Waals surface area (Å²) in [5, 5.41) is 6.48. The lowest BCUT2D eigenvalue weighted by Gasteiger charge is -2.28. The van der Waals surface area contributed by atoms with Crippen LogP contribution in [0.3, 0.4) is 0 Å². The Balaban J connectivity index is 1.85. The lowest BCUT2D eigenvalue weighted by atomic mass is 9.81. The molecule has 1 aliphatic carbocycles. The van der Waals surface area contributed by atoms with E-state index in [1.54, 1.807) is 0 Å². The van der Waals surface area contributed by atoms with E-state index in [0.717, 1.165) is 29.8 Å². The van der Waals surface area contributed by atoms with Crippen molar-refractivity contribution in [3.8, 4) is 0 Å². The van der Waals surface area contributed by atoms with Crippen molar-refractivity contribution in [1.82, 2.24) is 9.97 Å². The van der Waals surface area contributed by atoms with E-state index in [4.69, 9.17) is 0 Å². The average molecular weight is 262 g/mol. The SMILES string of the molecule is CCC1CCC(CNc2nc(NC)ncc2C)CC1. The molecule has 0 saturated heterocycles. The highest BCUT2D eigenvalue weighted by molar-refractivity contribution is 5.46. The zero-order valence-electron chi connectivity index (χ0n) is 12.4. The molecule has 19 heavy (non-hydrogen) atoms. The Morgan fingerprint density at radius 3 is 2.53 bits per heavy atom. The number of nitrogens with one attached hydrogen (secondary N) is 2. The van der Waals surface area contributed by atoms with Crippen molar-refractivity contribution in [2.24, 2.45) is 11.8 Å². The lowest BCUT2D eigenvalue weighted by Crippen LogP contribution is -2.21. The van der Waals surface area contributed by atoms with Crippen LogP contribution < -0.4 is 10.6 Å². The first-order valence-electron chi connectivity index (χ1n) is 7.48. The molecule has 106 valence electrons. The first-order valence-corrected chi connectivity index (χ1v) is 7.48. The second-order valence-electron chi connectivity index (χ2n) is 5.65. The van der Waals surface area contributed by atoms with Gasteiger partial charge < -0.3 is 10.6 Å². The first-order chi connectivity index (χ1) is 9.22. The number of aryl methyl sites for hydroxylation is 1. The van der Waals surface area contributed by atoms with Crippen molar-refractivity contribution in [2.45, 2.75) is 46.0 Å². The molecule has 0 spiro atoms. The molecule has 1 saturated carbocycles. The Hall–Kier alpha value is -1.32. The molecule has 4 nitrogen and oxygen atoms in total. The average Bonchev–Trinajstić information content (AvgIpc) is 2.47.